The molecule has 0 unspecified atom stereocenters. The average molecular weight is 433 g/mol. The van der Waals surface area contributed by atoms with Crippen LogP contribution in [0.25, 0.3) is 23.0 Å². The maximum absolute atomic E-state index is 12.9. The number of anilines is 1. The van der Waals surface area contributed by atoms with Gasteiger partial charge in [-0.05, 0) is 31.9 Å². The van der Waals surface area contributed by atoms with Crippen LogP contribution >= 0.6 is 0 Å². The Morgan fingerprint density at radius 1 is 0.969 bits per heavy atom. The van der Waals surface area contributed by atoms with Gasteiger partial charge in [-0.3, -0.25) is 9.78 Å². The molecule has 1 saturated carbocycles. The van der Waals surface area contributed by atoms with Crippen molar-refractivity contribution in [3.05, 3.63) is 42.2 Å². The third-order valence-corrected chi connectivity index (χ3v) is 6.46. The summed E-state index contributed by atoms with van der Waals surface area (Å²) in [5.74, 6) is 2.15. The van der Waals surface area contributed by atoms with Crippen molar-refractivity contribution in [2.75, 3.05) is 31.1 Å². The van der Waals surface area contributed by atoms with E-state index in [9.17, 15) is 4.79 Å². The maximum atomic E-state index is 12.9. The van der Waals surface area contributed by atoms with E-state index in [0.717, 1.165) is 56.1 Å². The van der Waals surface area contributed by atoms with Gasteiger partial charge in [-0.1, -0.05) is 37.5 Å². The van der Waals surface area contributed by atoms with Crippen molar-refractivity contribution in [1.82, 2.24) is 25.1 Å². The van der Waals surface area contributed by atoms with Gasteiger partial charge in [-0.15, -0.1) is 10.2 Å². The number of carbonyl (C=O) groups is 1. The predicted octanol–water partition coefficient (Wildman–Crippen LogP) is 3.73. The minimum Gasteiger partial charge on any atom is -0.415 e. The summed E-state index contributed by atoms with van der Waals surface area (Å²) in [6, 6.07) is 9.68. The summed E-state index contributed by atoms with van der Waals surface area (Å²) < 4.78 is 5.90. The highest BCUT2D eigenvalue weighted by molar-refractivity contribution is 5.79. The first-order valence-electron chi connectivity index (χ1n) is 11.5. The highest BCUT2D eigenvalue weighted by atomic mass is 16.4. The van der Waals surface area contributed by atoms with Crippen molar-refractivity contribution in [2.45, 2.75) is 39.0 Å². The van der Waals surface area contributed by atoms with Crippen molar-refractivity contribution in [2.24, 2.45) is 5.92 Å². The normalized spacial score (nSPS) is 17.5. The van der Waals surface area contributed by atoms with E-state index in [1.165, 1.54) is 19.3 Å². The lowest BCUT2D eigenvalue weighted by Crippen LogP contribution is -2.50. The smallest absolute Gasteiger partial charge is 0.268 e. The second kappa shape index (κ2) is 9.06. The fourth-order valence-electron chi connectivity index (χ4n) is 4.57. The lowest BCUT2D eigenvalue weighted by Gasteiger charge is -2.37. The molecule has 0 atom stereocenters. The van der Waals surface area contributed by atoms with Crippen molar-refractivity contribution < 1.29 is 9.21 Å². The molecule has 0 radical (unpaired) electrons. The van der Waals surface area contributed by atoms with Gasteiger partial charge in [0.25, 0.3) is 5.89 Å². The van der Waals surface area contributed by atoms with E-state index in [1.807, 2.05) is 42.2 Å². The number of nitrogens with zero attached hydrogens (tertiary/aromatic N) is 6. The average Bonchev–Trinajstić information content (AvgIpc) is 3.35. The van der Waals surface area contributed by atoms with E-state index in [4.69, 9.17) is 9.40 Å². The van der Waals surface area contributed by atoms with E-state index in [-0.39, 0.29) is 5.92 Å². The number of amides is 1. The van der Waals surface area contributed by atoms with Gasteiger partial charge in [-0.25, -0.2) is 4.98 Å². The fourth-order valence-corrected chi connectivity index (χ4v) is 4.57. The molecular weight excluding hydrogens is 404 g/mol. The Morgan fingerprint density at radius 3 is 2.44 bits per heavy atom. The van der Waals surface area contributed by atoms with Crippen LogP contribution in [0.4, 0.5) is 5.82 Å². The molecule has 1 saturated heterocycles. The standard InChI is InChI=1S/C24H28N6O2/c1-17-21(23-28-27-22(32-23)18-8-4-2-5-9-18)26-20(16-25-17)29-12-14-30(15-13-29)24(31)19-10-6-3-7-11-19/h2,4-5,8-9,16,19H,3,6-7,10-15H2,1H3. The number of rotatable bonds is 4. The molecule has 2 aromatic heterocycles. The van der Waals surface area contributed by atoms with E-state index < -0.39 is 0 Å². The Balaban J connectivity index is 1.29. The Bertz CT molecular complexity index is 1070. The number of aromatic nitrogens is 4. The van der Waals surface area contributed by atoms with Gasteiger partial charge in [0.2, 0.25) is 11.8 Å². The van der Waals surface area contributed by atoms with Gasteiger partial charge < -0.3 is 14.2 Å². The summed E-state index contributed by atoms with van der Waals surface area (Å²) in [6.07, 6.45) is 7.49. The highest BCUT2D eigenvalue weighted by Gasteiger charge is 2.29. The van der Waals surface area contributed by atoms with E-state index >= 15 is 0 Å². The van der Waals surface area contributed by atoms with Crippen LogP contribution in [-0.2, 0) is 4.79 Å². The third-order valence-electron chi connectivity index (χ3n) is 6.46. The maximum Gasteiger partial charge on any atom is 0.268 e. The van der Waals surface area contributed by atoms with Crippen LogP contribution in [0.15, 0.2) is 40.9 Å². The second-order valence-corrected chi connectivity index (χ2v) is 8.59. The van der Waals surface area contributed by atoms with E-state index in [0.29, 0.717) is 23.4 Å². The third kappa shape index (κ3) is 4.22. The summed E-state index contributed by atoms with van der Waals surface area (Å²) in [4.78, 5) is 26.4. The summed E-state index contributed by atoms with van der Waals surface area (Å²) in [7, 11) is 0. The first-order valence-corrected chi connectivity index (χ1v) is 11.5. The topological polar surface area (TPSA) is 88.3 Å². The monoisotopic (exact) mass is 432 g/mol. The zero-order valence-electron chi connectivity index (χ0n) is 18.4. The van der Waals surface area contributed by atoms with Gasteiger partial charge in [0.05, 0.1) is 11.9 Å². The highest BCUT2D eigenvalue weighted by Crippen LogP contribution is 2.28. The van der Waals surface area contributed by atoms with E-state index in [1.54, 1.807) is 6.20 Å². The SMILES string of the molecule is Cc1ncc(N2CCN(C(=O)C3CCCCC3)CC2)nc1-c1nnc(-c2ccccc2)o1. The summed E-state index contributed by atoms with van der Waals surface area (Å²) in [5, 5.41) is 8.38. The Hall–Kier alpha value is -3.29. The van der Waals surface area contributed by atoms with Crippen LogP contribution in [0.2, 0.25) is 0 Å². The molecule has 32 heavy (non-hydrogen) atoms. The summed E-state index contributed by atoms with van der Waals surface area (Å²) in [6.45, 7) is 4.82. The zero-order valence-corrected chi connectivity index (χ0v) is 18.4. The van der Waals surface area contributed by atoms with Crippen molar-refractivity contribution >= 4 is 11.7 Å². The second-order valence-electron chi connectivity index (χ2n) is 8.59. The van der Waals surface area contributed by atoms with Crippen LogP contribution in [0.1, 0.15) is 37.8 Å². The molecular formula is C24H28N6O2. The quantitative estimate of drug-likeness (QED) is 0.621. The molecule has 3 heterocycles. The molecule has 2 aliphatic rings. The molecule has 1 aliphatic heterocycles. The number of piperazine rings is 1. The van der Waals surface area contributed by atoms with Crippen molar-refractivity contribution in [3.8, 4) is 23.0 Å². The lowest BCUT2D eigenvalue weighted by atomic mass is 9.88. The molecule has 2 fully saturated rings. The van der Waals surface area contributed by atoms with Crippen LogP contribution in [0.3, 0.4) is 0 Å². The molecule has 3 aromatic rings. The minimum absolute atomic E-state index is 0.220. The zero-order chi connectivity index (χ0) is 21.9. The number of hydrogen-bond donors (Lipinski definition) is 0. The van der Waals surface area contributed by atoms with Crippen molar-refractivity contribution in [1.29, 1.82) is 0 Å². The molecule has 0 bridgehead atoms. The largest absolute Gasteiger partial charge is 0.415 e. The number of benzene rings is 1. The molecule has 8 heteroatoms. The van der Waals surface area contributed by atoms with Crippen LogP contribution < -0.4 is 4.90 Å². The predicted molar refractivity (Wildman–Crippen MR) is 121 cm³/mol. The molecule has 1 aliphatic carbocycles. The van der Waals surface area contributed by atoms with Crippen LogP contribution in [0, 0.1) is 12.8 Å². The molecule has 1 amide bonds. The van der Waals surface area contributed by atoms with Gasteiger partial charge in [-0.2, -0.15) is 0 Å². The Labute approximate surface area is 187 Å². The fraction of sp³-hybridized carbons (Fsp3) is 0.458. The van der Waals surface area contributed by atoms with Crippen LogP contribution in [0.5, 0.6) is 0 Å². The van der Waals surface area contributed by atoms with Gasteiger partial charge >= 0.3 is 0 Å². The van der Waals surface area contributed by atoms with Gasteiger partial charge in [0.1, 0.15) is 5.82 Å². The molecule has 0 spiro atoms. The Kier molecular flexibility index (Phi) is 5.83. The van der Waals surface area contributed by atoms with Gasteiger partial charge in [0.15, 0.2) is 5.69 Å². The molecule has 8 nitrogen and oxygen atoms in total. The summed E-state index contributed by atoms with van der Waals surface area (Å²) >= 11 is 0. The molecule has 5 rings (SSSR count). The number of carbonyl (C=O) groups excluding carboxylic acids is 1. The molecule has 1 aromatic carbocycles. The van der Waals surface area contributed by atoms with E-state index in [2.05, 4.69) is 20.1 Å². The summed E-state index contributed by atoms with van der Waals surface area (Å²) in [5.41, 5.74) is 2.20. The van der Waals surface area contributed by atoms with Crippen LogP contribution in [-0.4, -0.2) is 57.2 Å². The first-order chi connectivity index (χ1) is 15.7. The molecule has 166 valence electrons. The van der Waals surface area contributed by atoms with Crippen molar-refractivity contribution in [3.63, 3.8) is 0 Å². The van der Waals surface area contributed by atoms with Gasteiger partial charge in [0, 0.05) is 37.7 Å². The Morgan fingerprint density at radius 2 is 1.69 bits per heavy atom. The molecule has 0 N–H and O–H groups in total. The first kappa shape index (κ1) is 20.6. The number of aryl methyl sites for hydroxylation is 1. The minimum atomic E-state index is 0.220. The lowest BCUT2D eigenvalue weighted by molar-refractivity contribution is -0.136. The number of hydrogen-bond acceptors (Lipinski definition) is 7.